The third kappa shape index (κ3) is 4.07. The molecule has 0 saturated heterocycles. The predicted octanol–water partition coefficient (Wildman–Crippen LogP) is 4.34. The molecule has 0 spiro atoms. The van der Waals surface area contributed by atoms with E-state index in [1.807, 2.05) is 6.07 Å². The Bertz CT molecular complexity index is 976. The van der Waals surface area contributed by atoms with Crippen molar-refractivity contribution in [1.29, 1.82) is 5.26 Å². The molecule has 6 nitrogen and oxygen atoms in total. The summed E-state index contributed by atoms with van der Waals surface area (Å²) in [5, 5.41) is 10.3. The van der Waals surface area contributed by atoms with Crippen LogP contribution in [0.15, 0.2) is 30.6 Å². The molecule has 3 heterocycles. The summed E-state index contributed by atoms with van der Waals surface area (Å²) in [6.07, 6.45) is 3.85. The van der Waals surface area contributed by atoms with Crippen LogP contribution in [-0.2, 0) is 0 Å². The molecule has 144 valence electrons. The van der Waals surface area contributed by atoms with E-state index in [2.05, 4.69) is 26.0 Å². The molecule has 9 heteroatoms. The average molecular weight is 401 g/mol. The van der Waals surface area contributed by atoms with Gasteiger partial charge in [0.25, 0.3) is 0 Å². The van der Waals surface area contributed by atoms with Gasteiger partial charge in [0.2, 0.25) is 5.92 Å². The average Bonchev–Trinajstić information content (AvgIpc) is 3.12. The van der Waals surface area contributed by atoms with Crippen molar-refractivity contribution in [2.45, 2.75) is 37.5 Å². The van der Waals surface area contributed by atoms with Gasteiger partial charge < -0.3 is 4.74 Å². The quantitative estimate of drug-likeness (QED) is 0.632. The van der Waals surface area contributed by atoms with E-state index in [1.165, 1.54) is 17.5 Å². The summed E-state index contributed by atoms with van der Waals surface area (Å²) in [6.45, 7) is 0.293. The highest BCUT2D eigenvalue weighted by atomic mass is 32.1. The summed E-state index contributed by atoms with van der Waals surface area (Å²) in [7, 11) is 0. The van der Waals surface area contributed by atoms with Crippen LogP contribution in [0.25, 0.3) is 10.3 Å². The standard InChI is InChI=1S/C19H17F2N5OS/c20-19(21)6-3-12(4-7-19)11-27-18-24-9-5-14(26-18)13(10-22)16-25-15-2-1-8-23-17(15)28-16/h1-2,5,8-9,12-13H,3-4,6-7,11H2. The van der Waals surface area contributed by atoms with Crippen molar-refractivity contribution >= 4 is 21.7 Å². The van der Waals surface area contributed by atoms with Gasteiger partial charge in [-0.2, -0.15) is 10.2 Å². The monoisotopic (exact) mass is 401 g/mol. The summed E-state index contributed by atoms with van der Waals surface area (Å²) in [4.78, 5) is 17.9. The molecule has 0 aliphatic heterocycles. The zero-order valence-electron chi connectivity index (χ0n) is 14.9. The van der Waals surface area contributed by atoms with Crippen molar-refractivity contribution in [3.63, 3.8) is 0 Å². The highest BCUT2D eigenvalue weighted by Gasteiger charge is 2.35. The van der Waals surface area contributed by atoms with Crippen molar-refractivity contribution in [1.82, 2.24) is 19.9 Å². The minimum atomic E-state index is -2.56. The molecule has 1 aliphatic carbocycles. The number of aromatic nitrogens is 4. The number of hydrogen-bond donors (Lipinski definition) is 0. The second-order valence-corrected chi connectivity index (χ2v) is 7.83. The van der Waals surface area contributed by atoms with Gasteiger partial charge in [-0.1, -0.05) is 11.3 Å². The Morgan fingerprint density at radius 3 is 2.79 bits per heavy atom. The van der Waals surface area contributed by atoms with Crippen molar-refractivity contribution < 1.29 is 13.5 Å². The first kappa shape index (κ1) is 18.6. The van der Waals surface area contributed by atoms with E-state index < -0.39 is 11.8 Å². The number of thiazole rings is 1. The zero-order chi connectivity index (χ0) is 19.6. The summed E-state index contributed by atoms with van der Waals surface area (Å²) in [6, 6.07) is 7.67. The van der Waals surface area contributed by atoms with Gasteiger partial charge in [-0.25, -0.2) is 23.7 Å². The van der Waals surface area contributed by atoms with Crippen LogP contribution >= 0.6 is 11.3 Å². The topological polar surface area (TPSA) is 84.6 Å². The fraction of sp³-hybridized carbons (Fsp3) is 0.421. The molecule has 0 N–H and O–H groups in total. The number of rotatable bonds is 5. The Kier molecular flexibility index (Phi) is 5.13. The van der Waals surface area contributed by atoms with E-state index in [1.54, 1.807) is 18.3 Å². The van der Waals surface area contributed by atoms with Gasteiger partial charge in [0, 0.05) is 25.2 Å². The van der Waals surface area contributed by atoms with E-state index in [9.17, 15) is 14.0 Å². The van der Waals surface area contributed by atoms with Gasteiger partial charge in [0.1, 0.15) is 21.3 Å². The first-order chi connectivity index (χ1) is 13.5. The normalized spacial score (nSPS) is 17.9. The maximum absolute atomic E-state index is 13.3. The lowest BCUT2D eigenvalue weighted by Crippen LogP contribution is -2.27. The summed E-state index contributed by atoms with van der Waals surface area (Å²) in [5.74, 6) is -3.15. The Balaban J connectivity index is 1.47. The SMILES string of the molecule is N#CC(c1ccnc(OCC2CCC(F)(F)CC2)n1)c1nc2cccnc2s1. The molecule has 4 rings (SSSR count). The lowest BCUT2D eigenvalue weighted by Gasteiger charge is -2.27. The molecule has 1 saturated carbocycles. The minimum absolute atomic E-state index is 0.0639. The largest absolute Gasteiger partial charge is 0.463 e. The number of halogens is 2. The lowest BCUT2D eigenvalue weighted by molar-refractivity contribution is -0.0501. The number of ether oxygens (including phenoxy) is 1. The molecule has 3 aromatic rings. The number of nitrogens with zero attached hydrogens (tertiary/aromatic N) is 5. The Labute approximate surface area is 164 Å². The van der Waals surface area contributed by atoms with Crippen LogP contribution in [0.5, 0.6) is 6.01 Å². The molecule has 0 radical (unpaired) electrons. The van der Waals surface area contributed by atoms with E-state index >= 15 is 0 Å². The maximum Gasteiger partial charge on any atom is 0.316 e. The molecular formula is C19H17F2N5OS. The van der Waals surface area contributed by atoms with Gasteiger partial charge in [-0.05, 0) is 37.0 Å². The van der Waals surface area contributed by atoms with E-state index in [0.717, 1.165) is 10.3 Å². The summed E-state index contributed by atoms with van der Waals surface area (Å²) in [5.41, 5.74) is 1.23. The predicted molar refractivity (Wildman–Crippen MR) is 99.3 cm³/mol. The number of fused-ring (bicyclic) bond motifs is 1. The fourth-order valence-corrected chi connectivity index (χ4v) is 4.17. The van der Waals surface area contributed by atoms with Crippen molar-refractivity contribution in [2.24, 2.45) is 5.92 Å². The third-order valence-corrected chi connectivity index (χ3v) is 5.84. The highest BCUT2D eigenvalue weighted by molar-refractivity contribution is 7.18. The molecule has 0 aromatic carbocycles. The smallest absolute Gasteiger partial charge is 0.316 e. The first-order valence-electron chi connectivity index (χ1n) is 8.99. The van der Waals surface area contributed by atoms with E-state index in [0.29, 0.717) is 30.2 Å². The minimum Gasteiger partial charge on any atom is -0.463 e. The van der Waals surface area contributed by atoms with Crippen LogP contribution in [0, 0.1) is 17.2 Å². The molecule has 28 heavy (non-hydrogen) atoms. The molecule has 3 aromatic heterocycles. The van der Waals surface area contributed by atoms with Gasteiger partial charge >= 0.3 is 6.01 Å². The zero-order valence-corrected chi connectivity index (χ0v) is 15.7. The van der Waals surface area contributed by atoms with Gasteiger partial charge in [0.15, 0.2) is 0 Å². The van der Waals surface area contributed by atoms with Gasteiger partial charge in [-0.3, -0.25) is 0 Å². The van der Waals surface area contributed by atoms with Crippen LogP contribution in [0.1, 0.15) is 42.3 Å². The van der Waals surface area contributed by atoms with Crippen LogP contribution in [0.2, 0.25) is 0 Å². The molecule has 0 bridgehead atoms. The molecule has 1 atom stereocenters. The van der Waals surface area contributed by atoms with E-state index in [4.69, 9.17) is 4.74 Å². The van der Waals surface area contributed by atoms with Crippen molar-refractivity contribution in [3.8, 4) is 12.1 Å². The second-order valence-electron chi connectivity index (χ2n) is 6.82. The number of pyridine rings is 1. The van der Waals surface area contributed by atoms with Gasteiger partial charge in [-0.15, -0.1) is 0 Å². The maximum atomic E-state index is 13.3. The van der Waals surface area contributed by atoms with Crippen LogP contribution < -0.4 is 4.74 Å². The van der Waals surface area contributed by atoms with Crippen molar-refractivity contribution in [3.05, 3.63) is 41.3 Å². The Morgan fingerprint density at radius 1 is 1.21 bits per heavy atom. The van der Waals surface area contributed by atoms with Crippen molar-refractivity contribution in [2.75, 3.05) is 6.61 Å². The lowest BCUT2D eigenvalue weighted by atomic mass is 9.87. The molecule has 0 amide bonds. The summed E-state index contributed by atoms with van der Waals surface area (Å²) < 4.78 is 32.1. The fourth-order valence-electron chi connectivity index (χ4n) is 3.20. The highest BCUT2D eigenvalue weighted by Crippen LogP contribution is 2.36. The Morgan fingerprint density at radius 2 is 2.04 bits per heavy atom. The second kappa shape index (κ2) is 7.72. The first-order valence-corrected chi connectivity index (χ1v) is 9.80. The molecule has 1 aliphatic rings. The number of alkyl halides is 2. The summed E-state index contributed by atoms with van der Waals surface area (Å²) >= 11 is 1.35. The molecule has 1 fully saturated rings. The Hall–Kier alpha value is -2.73. The molecule has 1 unspecified atom stereocenters. The molecular weight excluding hydrogens is 384 g/mol. The number of nitriles is 1. The van der Waals surface area contributed by atoms with E-state index in [-0.39, 0.29) is 24.8 Å². The van der Waals surface area contributed by atoms with Crippen LogP contribution in [-0.4, -0.2) is 32.5 Å². The van der Waals surface area contributed by atoms with Crippen LogP contribution in [0.3, 0.4) is 0 Å². The van der Waals surface area contributed by atoms with Crippen LogP contribution in [0.4, 0.5) is 8.78 Å². The number of hydrogen-bond acceptors (Lipinski definition) is 7. The van der Waals surface area contributed by atoms with Gasteiger partial charge in [0.05, 0.1) is 18.4 Å². The third-order valence-electron chi connectivity index (χ3n) is 4.79.